The summed E-state index contributed by atoms with van der Waals surface area (Å²) in [7, 11) is -1.67. The van der Waals surface area contributed by atoms with Crippen LogP contribution in [0.15, 0.2) is 12.3 Å². The maximum Gasteiger partial charge on any atom is 0.417 e. The minimum atomic E-state index is -4.55. The molecule has 2 heterocycles. The lowest BCUT2D eigenvalue weighted by atomic mass is 10.2. The lowest BCUT2D eigenvalue weighted by molar-refractivity contribution is -0.137. The molecule has 0 bridgehead atoms. The minimum Gasteiger partial charge on any atom is -0.383 e. The topological polar surface area (TPSA) is 88.6 Å². The van der Waals surface area contributed by atoms with E-state index < -0.39 is 27.6 Å². The highest BCUT2D eigenvalue weighted by Crippen LogP contribution is 2.32. The SMILES string of the molecule is COCCN(C(=O)CCNc1ncc(C(F)(F)F)cc1Cl)[C@@H]1CCS(=O)(=O)C1. The van der Waals surface area contributed by atoms with Crippen LogP contribution in [0.5, 0.6) is 0 Å². The van der Waals surface area contributed by atoms with E-state index in [1.807, 2.05) is 0 Å². The average molecular weight is 444 g/mol. The quantitative estimate of drug-likeness (QED) is 0.662. The van der Waals surface area contributed by atoms with Gasteiger partial charge in [-0.15, -0.1) is 0 Å². The molecule has 1 saturated heterocycles. The Balaban J connectivity index is 1.95. The van der Waals surface area contributed by atoms with Crippen molar-refractivity contribution in [3.63, 3.8) is 0 Å². The molecule has 1 aromatic rings. The third-order valence-electron chi connectivity index (χ3n) is 4.31. The zero-order valence-electron chi connectivity index (χ0n) is 15.1. The van der Waals surface area contributed by atoms with Gasteiger partial charge >= 0.3 is 6.18 Å². The standard InChI is InChI=1S/C16H21ClF3N3O4S/c1-27-6-5-23(12-3-7-28(25,26)10-12)14(24)2-4-21-15-13(17)8-11(9-22-15)16(18,19)20/h8-9,12H,2-7,10H2,1H3,(H,21,22)/t12-/m1/s1. The number of pyridine rings is 1. The molecule has 0 radical (unpaired) electrons. The van der Waals surface area contributed by atoms with Crippen molar-refractivity contribution < 1.29 is 31.1 Å². The number of nitrogens with zero attached hydrogens (tertiary/aromatic N) is 2. The first-order chi connectivity index (χ1) is 13.0. The Morgan fingerprint density at radius 3 is 2.71 bits per heavy atom. The van der Waals surface area contributed by atoms with Crippen LogP contribution in [-0.4, -0.2) is 68.6 Å². The van der Waals surface area contributed by atoms with Crippen LogP contribution in [0.3, 0.4) is 0 Å². The van der Waals surface area contributed by atoms with Crippen molar-refractivity contribution in [3.8, 4) is 0 Å². The molecule has 0 aromatic carbocycles. The second kappa shape index (κ2) is 9.27. The van der Waals surface area contributed by atoms with E-state index in [1.165, 1.54) is 12.0 Å². The van der Waals surface area contributed by atoms with Gasteiger partial charge in [0.15, 0.2) is 9.84 Å². The Morgan fingerprint density at radius 2 is 2.18 bits per heavy atom. The fraction of sp³-hybridized carbons (Fsp3) is 0.625. The molecule has 28 heavy (non-hydrogen) atoms. The number of methoxy groups -OCH3 is 1. The van der Waals surface area contributed by atoms with E-state index in [-0.39, 0.29) is 54.4 Å². The Kier molecular flexibility index (Phi) is 7.52. The van der Waals surface area contributed by atoms with Crippen LogP contribution >= 0.6 is 11.6 Å². The maximum absolute atomic E-state index is 12.6. The molecular weight excluding hydrogens is 423 g/mol. The first-order valence-corrected chi connectivity index (χ1v) is 10.7. The van der Waals surface area contributed by atoms with Crippen molar-refractivity contribution in [2.45, 2.75) is 25.1 Å². The number of hydrogen-bond donors (Lipinski definition) is 1. The van der Waals surface area contributed by atoms with Crippen LogP contribution in [0.25, 0.3) is 0 Å². The molecule has 1 aliphatic heterocycles. The van der Waals surface area contributed by atoms with Gasteiger partial charge in [-0.2, -0.15) is 13.2 Å². The summed E-state index contributed by atoms with van der Waals surface area (Å²) in [5.41, 5.74) is -0.965. The van der Waals surface area contributed by atoms with E-state index in [0.717, 1.165) is 6.07 Å². The number of halogens is 4. The molecular formula is C16H21ClF3N3O4S. The van der Waals surface area contributed by atoms with Gasteiger partial charge in [-0.25, -0.2) is 13.4 Å². The van der Waals surface area contributed by atoms with Gasteiger partial charge < -0.3 is 15.0 Å². The summed E-state index contributed by atoms with van der Waals surface area (Å²) in [5, 5.41) is 2.52. The number of anilines is 1. The van der Waals surface area contributed by atoms with E-state index in [1.54, 1.807) is 0 Å². The number of aromatic nitrogens is 1. The molecule has 1 amide bonds. The molecule has 7 nitrogen and oxygen atoms in total. The Morgan fingerprint density at radius 1 is 1.46 bits per heavy atom. The fourth-order valence-corrected chi connectivity index (χ4v) is 4.84. The molecule has 0 aliphatic carbocycles. The van der Waals surface area contributed by atoms with Crippen molar-refractivity contribution in [2.24, 2.45) is 0 Å². The fourth-order valence-electron chi connectivity index (χ4n) is 2.88. The predicted octanol–water partition coefficient (Wildman–Crippen LogP) is 2.22. The van der Waals surface area contributed by atoms with E-state index in [2.05, 4.69) is 10.3 Å². The largest absolute Gasteiger partial charge is 0.417 e. The van der Waals surface area contributed by atoms with Gasteiger partial charge in [-0.05, 0) is 12.5 Å². The summed E-state index contributed by atoms with van der Waals surface area (Å²) in [5.74, 6) is -0.288. The molecule has 1 N–H and O–H groups in total. The molecule has 12 heteroatoms. The number of carbonyl (C=O) groups is 1. The van der Waals surface area contributed by atoms with Gasteiger partial charge in [0.1, 0.15) is 5.82 Å². The van der Waals surface area contributed by atoms with Crippen LogP contribution in [-0.2, 0) is 25.5 Å². The zero-order valence-corrected chi connectivity index (χ0v) is 16.7. The van der Waals surface area contributed by atoms with Crippen molar-refractivity contribution in [1.29, 1.82) is 0 Å². The Bertz CT molecular complexity index is 805. The van der Waals surface area contributed by atoms with Crippen molar-refractivity contribution in [1.82, 2.24) is 9.88 Å². The van der Waals surface area contributed by atoms with Crippen LogP contribution in [0.2, 0.25) is 5.02 Å². The monoisotopic (exact) mass is 443 g/mol. The van der Waals surface area contributed by atoms with Crippen LogP contribution in [0.4, 0.5) is 19.0 Å². The van der Waals surface area contributed by atoms with Crippen molar-refractivity contribution in [3.05, 3.63) is 22.8 Å². The number of carbonyl (C=O) groups excluding carboxylic acids is 1. The lowest BCUT2D eigenvalue weighted by Gasteiger charge is -2.28. The molecule has 0 spiro atoms. The smallest absolute Gasteiger partial charge is 0.383 e. The van der Waals surface area contributed by atoms with Crippen molar-refractivity contribution in [2.75, 3.05) is 43.6 Å². The van der Waals surface area contributed by atoms with Crippen LogP contribution in [0.1, 0.15) is 18.4 Å². The highest BCUT2D eigenvalue weighted by atomic mass is 35.5. The third-order valence-corrected chi connectivity index (χ3v) is 6.34. The van der Waals surface area contributed by atoms with Gasteiger partial charge in [0.25, 0.3) is 0 Å². The lowest BCUT2D eigenvalue weighted by Crippen LogP contribution is -2.43. The Hall–Kier alpha value is -1.59. The van der Waals surface area contributed by atoms with E-state index in [9.17, 15) is 26.4 Å². The predicted molar refractivity (Wildman–Crippen MR) is 98.0 cm³/mol. The molecule has 2 rings (SSSR count). The first kappa shape index (κ1) is 22.7. The molecule has 0 unspecified atom stereocenters. The number of sulfone groups is 1. The summed E-state index contributed by atoms with van der Waals surface area (Å²) in [6.07, 6.45) is -3.52. The summed E-state index contributed by atoms with van der Waals surface area (Å²) in [6.45, 7) is 0.608. The van der Waals surface area contributed by atoms with E-state index >= 15 is 0 Å². The normalized spacial score (nSPS) is 18.8. The summed E-state index contributed by atoms with van der Waals surface area (Å²) in [6, 6.07) is 0.355. The van der Waals surface area contributed by atoms with Gasteiger partial charge in [0, 0.05) is 38.9 Å². The minimum absolute atomic E-state index is 0.000701. The second-order valence-electron chi connectivity index (χ2n) is 6.37. The molecule has 1 aromatic heterocycles. The Labute approximate surface area is 166 Å². The summed E-state index contributed by atoms with van der Waals surface area (Å²) >= 11 is 5.81. The van der Waals surface area contributed by atoms with Gasteiger partial charge in [0.05, 0.1) is 28.7 Å². The number of nitrogens with one attached hydrogen (secondary N) is 1. The zero-order chi connectivity index (χ0) is 20.9. The first-order valence-electron chi connectivity index (χ1n) is 8.49. The van der Waals surface area contributed by atoms with Crippen LogP contribution in [0, 0.1) is 0 Å². The summed E-state index contributed by atoms with van der Waals surface area (Å²) in [4.78, 5) is 17.7. The molecule has 0 saturated carbocycles. The van der Waals surface area contributed by atoms with Crippen molar-refractivity contribution >= 4 is 33.2 Å². The third kappa shape index (κ3) is 6.21. The van der Waals surface area contributed by atoms with E-state index in [4.69, 9.17) is 16.3 Å². The number of rotatable bonds is 8. The van der Waals surface area contributed by atoms with Gasteiger partial charge in [-0.1, -0.05) is 11.6 Å². The number of hydrogen-bond acceptors (Lipinski definition) is 6. The maximum atomic E-state index is 12.6. The molecule has 1 fully saturated rings. The number of ether oxygens (including phenoxy) is 1. The molecule has 158 valence electrons. The van der Waals surface area contributed by atoms with Gasteiger partial charge in [-0.3, -0.25) is 4.79 Å². The summed E-state index contributed by atoms with van der Waals surface area (Å²) < 4.78 is 66.3. The average Bonchev–Trinajstić information content (AvgIpc) is 2.95. The second-order valence-corrected chi connectivity index (χ2v) is 9.00. The van der Waals surface area contributed by atoms with Gasteiger partial charge in [0.2, 0.25) is 5.91 Å². The molecule has 1 atom stereocenters. The van der Waals surface area contributed by atoms with E-state index in [0.29, 0.717) is 12.6 Å². The van der Waals surface area contributed by atoms with Crippen LogP contribution < -0.4 is 5.32 Å². The highest BCUT2D eigenvalue weighted by Gasteiger charge is 2.34. The molecule has 1 aliphatic rings. The number of alkyl halides is 3. The highest BCUT2D eigenvalue weighted by molar-refractivity contribution is 7.91. The number of amides is 1.